The fourth-order valence-electron chi connectivity index (χ4n) is 3.91. The zero-order chi connectivity index (χ0) is 22.9. The molecule has 0 aliphatic rings. The highest BCUT2D eigenvalue weighted by molar-refractivity contribution is 7.53. The summed E-state index contributed by atoms with van der Waals surface area (Å²) in [4.78, 5) is 19.2. The minimum absolute atomic E-state index is 0.0601. The normalized spacial score (nSPS) is 15.0. The quantitative estimate of drug-likeness (QED) is 0.0874. The third-order valence-electron chi connectivity index (χ3n) is 5.61. The van der Waals surface area contributed by atoms with Gasteiger partial charge in [-0.2, -0.15) is 0 Å². The average Bonchev–Trinajstić information content (AvgIpc) is 2.62. The summed E-state index contributed by atoms with van der Waals surface area (Å²) in [6.45, 7) is 2.31. The van der Waals surface area contributed by atoms with Crippen molar-refractivity contribution in [2.45, 2.75) is 115 Å². The SMILES string of the molecule is CCCCCCC/C=C\CCCCCCCCCCC(O)(C[N+](C)(C)C)P(=O)(O)O. The van der Waals surface area contributed by atoms with Crippen molar-refractivity contribution < 1.29 is 23.9 Å². The van der Waals surface area contributed by atoms with Crippen molar-refractivity contribution in [3.05, 3.63) is 12.2 Å². The second kappa shape index (κ2) is 16.4. The van der Waals surface area contributed by atoms with Gasteiger partial charge in [-0.05, 0) is 38.5 Å². The molecule has 0 bridgehead atoms. The summed E-state index contributed by atoms with van der Waals surface area (Å²) < 4.78 is 12.1. The van der Waals surface area contributed by atoms with Crippen LogP contribution in [0, 0.1) is 0 Å². The Labute approximate surface area is 186 Å². The Bertz CT molecular complexity index is 484. The minimum atomic E-state index is -4.54. The van der Waals surface area contributed by atoms with Gasteiger partial charge in [0.25, 0.3) is 0 Å². The van der Waals surface area contributed by atoms with E-state index in [1.54, 1.807) is 0 Å². The summed E-state index contributed by atoms with van der Waals surface area (Å²) in [5, 5.41) is 8.62. The van der Waals surface area contributed by atoms with E-state index in [0.29, 0.717) is 10.9 Å². The predicted octanol–water partition coefficient (Wildman–Crippen LogP) is 6.38. The molecule has 0 aliphatic heterocycles. The lowest BCUT2D eigenvalue weighted by Crippen LogP contribution is -2.49. The molecule has 0 aromatic heterocycles. The Balaban J connectivity index is 3.66. The van der Waals surface area contributed by atoms with Gasteiger partial charge in [0.2, 0.25) is 5.34 Å². The zero-order valence-corrected chi connectivity index (χ0v) is 21.2. The molecular weight excluding hydrogens is 397 g/mol. The largest absolute Gasteiger partial charge is 0.373 e. The van der Waals surface area contributed by atoms with Gasteiger partial charge in [0.15, 0.2) is 0 Å². The Kier molecular flexibility index (Phi) is 16.3. The highest BCUT2D eigenvalue weighted by Crippen LogP contribution is 2.52. The van der Waals surface area contributed by atoms with Gasteiger partial charge < -0.3 is 19.4 Å². The van der Waals surface area contributed by atoms with Gasteiger partial charge in [0, 0.05) is 0 Å². The number of nitrogens with zero attached hydrogens (tertiary/aromatic N) is 1. The first kappa shape index (κ1) is 29.8. The van der Waals surface area contributed by atoms with E-state index in [4.69, 9.17) is 0 Å². The van der Waals surface area contributed by atoms with Crippen LogP contribution in [0.25, 0.3) is 0 Å². The molecule has 1 atom stereocenters. The Morgan fingerprint density at radius 2 is 1.13 bits per heavy atom. The number of unbranched alkanes of at least 4 members (excludes halogenated alkanes) is 13. The smallest absolute Gasteiger partial charge is 0.362 e. The van der Waals surface area contributed by atoms with Crippen LogP contribution in [0.4, 0.5) is 0 Å². The van der Waals surface area contributed by atoms with Crippen molar-refractivity contribution in [1.82, 2.24) is 0 Å². The Morgan fingerprint density at radius 3 is 1.53 bits per heavy atom. The number of rotatable bonds is 20. The molecule has 1 unspecified atom stereocenters. The van der Waals surface area contributed by atoms with Crippen LogP contribution in [0.1, 0.15) is 110 Å². The molecule has 0 saturated carbocycles. The van der Waals surface area contributed by atoms with Crippen LogP contribution >= 0.6 is 7.60 Å². The molecule has 30 heavy (non-hydrogen) atoms. The van der Waals surface area contributed by atoms with E-state index in [-0.39, 0.29) is 13.0 Å². The maximum Gasteiger partial charge on any atom is 0.362 e. The molecule has 5 nitrogen and oxygen atoms in total. The fraction of sp³-hybridized carbons (Fsp3) is 0.917. The minimum Gasteiger partial charge on any atom is -0.373 e. The van der Waals surface area contributed by atoms with E-state index in [2.05, 4.69) is 19.1 Å². The fourth-order valence-corrected chi connectivity index (χ4v) is 4.97. The van der Waals surface area contributed by atoms with E-state index in [9.17, 15) is 19.5 Å². The van der Waals surface area contributed by atoms with Crippen molar-refractivity contribution >= 4 is 7.60 Å². The number of hydrogen-bond acceptors (Lipinski definition) is 2. The number of aliphatic hydroxyl groups is 1. The lowest BCUT2D eigenvalue weighted by molar-refractivity contribution is -0.875. The summed E-state index contributed by atoms with van der Waals surface area (Å²) in [7, 11) is 0.974. The average molecular weight is 449 g/mol. The van der Waals surface area contributed by atoms with Crippen molar-refractivity contribution in [3.8, 4) is 0 Å². The third kappa shape index (κ3) is 16.5. The van der Waals surface area contributed by atoms with Crippen molar-refractivity contribution in [3.63, 3.8) is 0 Å². The van der Waals surface area contributed by atoms with Gasteiger partial charge in [0.05, 0.1) is 21.1 Å². The second-order valence-corrected chi connectivity index (χ2v) is 11.9. The van der Waals surface area contributed by atoms with Gasteiger partial charge in [-0.15, -0.1) is 0 Å². The molecule has 0 spiro atoms. The van der Waals surface area contributed by atoms with Gasteiger partial charge in [-0.3, -0.25) is 4.57 Å². The monoisotopic (exact) mass is 448 g/mol. The van der Waals surface area contributed by atoms with Crippen molar-refractivity contribution in [2.24, 2.45) is 0 Å². The molecule has 0 heterocycles. The van der Waals surface area contributed by atoms with E-state index < -0.39 is 12.9 Å². The van der Waals surface area contributed by atoms with Crippen LogP contribution in [0.15, 0.2) is 12.2 Å². The highest BCUT2D eigenvalue weighted by Gasteiger charge is 2.48. The Hall–Kier alpha value is -0.190. The molecule has 0 saturated heterocycles. The lowest BCUT2D eigenvalue weighted by Gasteiger charge is -2.35. The van der Waals surface area contributed by atoms with E-state index in [1.165, 1.54) is 70.6 Å². The maximum absolute atomic E-state index is 11.8. The molecule has 0 fully saturated rings. The molecular formula is C24H51NO4P+. The zero-order valence-electron chi connectivity index (χ0n) is 20.3. The molecule has 180 valence electrons. The van der Waals surface area contributed by atoms with E-state index in [0.717, 1.165) is 19.3 Å². The van der Waals surface area contributed by atoms with Crippen molar-refractivity contribution in [2.75, 3.05) is 27.7 Å². The second-order valence-electron chi connectivity index (χ2n) is 10.0. The molecule has 0 aliphatic carbocycles. The summed E-state index contributed by atoms with van der Waals surface area (Å²) in [5.74, 6) is 0. The molecule has 0 amide bonds. The summed E-state index contributed by atoms with van der Waals surface area (Å²) in [5.41, 5.74) is 0. The molecule has 0 aromatic rings. The number of allylic oxidation sites excluding steroid dienone is 2. The van der Waals surface area contributed by atoms with Crippen molar-refractivity contribution in [1.29, 1.82) is 0 Å². The number of hydrogen-bond donors (Lipinski definition) is 3. The molecule has 0 radical (unpaired) electrons. The van der Waals surface area contributed by atoms with E-state index in [1.807, 2.05) is 21.1 Å². The van der Waals surface area contributed by atoms with Crippen LogP contribution in [-0.4, -0.2) is 52.4 Å². The van der Waals surface area contributed by atoms with E-state index >= 15 is 0 Å². The lowest BCUT2D eigenvalue weighted by atomic mass is 10.0. The van der Waals surface area contributed by atoms with Gasteiger partial charge in [-0.25, -0.2) is 0 Å². The van der Waals surface area contributed by atoms with Crippen LogP contribution in [0.2, 0.25) is 0 Å². The predicted molar refractivity (Wildman–Crippen MR) is 129 cm³/mol. The van der Waals surface area contributed by atoms with Gasteiger partial charge in [0.1, 0.15) is 6.54 Å². The third-order valence-corrected chi connectivity index (χ3v) is 7.06. The first-order valence-corrected chi connectivity index (χ1v) is 13.9. The molecule has 0 aromatic carbocycles. The first-order chi connectivity index (χ1) is 14.0. The van der Waals surface area contributed by atoms with Gasteiger partial charge in [-0.1, -0.05) is 83.3 Å². The first-order valence-electron chi connectivity index (χ1n) is 12.3. The van der Waals surface area contributed by atoms with Crippen LogP contribution < -0.4 is 0 Å². The number of quaternary nitrogens is 1. The molecule has 3 N–H and O–H groups in total. The topological polar surface area (TPSA) is 77.8 Å². The molecule has 0 rings (SSSR count). The number of likely N-dealkylation sites (N-methyl/N-ethyl adjacent to an activating group) is 1. The Morgan fingerprint density at radius 1 is 0.733 bits per heavy atom. The van der Waals surface area contributed by atoms with Crippen LogP contribution in [0.5, 0.6) is 0 Å². The standard InChI is InChI=1S/C24H50NO4P/c1-5-6-7-8-9-10-11-12-13-14-15-16-17-18-19-20-21-22-24(26,30(27,28)29)23-25(2,3)4/h11-12,26H,5-10,13-23H2,1-4H3,(H-,27,28,29)/p+1/b12-11-. The van der Waals surface area contributed by atoms with Gasteiger partial charge >= 0.3 is 7.60 Å². The summed E-state index contributed by atoms with van der Waals surface area (Å²) in [6.07, 6.45) is 22.9. The summed E-state index contributed by atoms with van der Waals surface area (Å²) >= 11 is 0. The molecule has 6 heteroatoms. The van der Waals surface area contributed by atoms with Crippen LogP contribution in [0.3, 0.4) is 0 Å². The summed E-state index contributed by atoms with van der Waals surface area (Å²) in [6, 6.07) is 0. The van der Waals surface area contributed by atoms with Crippen LogP contribution in [-0.2, 0) is 4.57 Å². The highest BCUT2D eigenvalue weighted by atomic mass is 31.2. The maximum atomic E-state index is 11.8.